The molecule has 3 rings (SSSR count). The zero-order chi connectivity index (χ0) is 16.9. The number of rotatable bonds is 5. The predicted octanol–water partition coefficient (Wildman–Crippen LogP) is 2.95. The van der Waals surface area contributed by atoms with Crippen LogP contribution in [0.2, 0.25) is 0 Å². The summed E-state index contributed by atoms with van der Waals surface area (Å²) in [6, 6.07) is 7.41. The number of nitrogens with zero attached hydrogens (tertiary/aromatic N) is 1. The van der Waals surface area contributed by atoms with E-state index in [1.807, 2.05) is 43.5 Å². The molecule has 1 aliphatic rings. The second kappa shape index (κ2) is 9.15. The first-order valence-electron chi connectivity index (χ1n) is 8.02. The number of nitrogens with one attached hydrogen (secondary N) is 2. The van der Waals surface area contributed by atoms with Crippen LogP contribution in [0.25, 0.3) is 11.3 Å². The molecule has 0 unspecified atom stereocenters. The Morgan fingerprint density at radius 1 is 1.44 bits per heavy atom. The number of amides is 1. The van der Waals surface area contributed by atoms with Gasteiger partial charge in [0.2, 0.25) is 5.91 Å². The van der Waals surface area contributed by atoms with Gasteiger partial charge >= 0.3 is 0 Å². The van der Waals surface area contributed by atoms with Crippen molar-refractivity contribution in [2.45, 2.75) is 26.0 Å². The van der Waals surface area contributed by atoms with Crippen LogP contribution in [-0.2, 0) is 9.53 Å². The summed E-state index contributed by atoms with van der Waals surface area (Å²) < 4.78 is 10.9. The van der Waals surface area contributed by atoms with E-state index < -0.39 is 0 Å². The number of halogens is 1. The van der Waals surface area contributed by atoms with E-state index in [-0.39, 0.29) is 30.5 Å². The first kappa shape index (κ1) is 19.7. The van der Waals surface area contributed by atoms with Gasteiger partial charge in [0.05, 0.1) is 25.0 Å². The van der Waals surface area contributed by atoms with Gasteiger partial charge in [0.1, 0.15) is 11.8 Å². The molecule has 136 valence electrons. The van der Waals surface area contributed by atoms with E-state index in [4.69, 9.17) is 9.47 Å². The van der Waals surface area contributed by atoms with Crippen molar-refractivity contribution in [1.29, 1.82) is 0 Å². The number of hydrogen-bond donors (Lipinski definition) is 2. The van der Waals surface area contributed by atoms with Crippen LogP contribution in [0.4, 0.5) is 5.13 Å². The first-order valence-corrected chi connectivity index (χ1v) is 8.90. The average molecular weight is 384 g/mol. The maximum atomic E-state index is 12.3. The van der Waals surface area contributed by atoms with Crippen molar-refractivity contribution >= 4 is 34.8 Å². The van der Waals surface area contributed by atoms with Gasteiger partial charge < -0.3 is 20.1 Å². The van der Waals surface area contributed by atoms with E-state index in [0.29, 0.717) is 24.9 Å². The van der Waals surface area contributed by atoms with Gasteiger partial charge in [-0.05, 0) is 38.1 Å². The number of hydrogen-bond acceptors (Lipinski definition) is 6. The van der Waals surface area contributed by atoms with Crippen molar-refractivity contribution in [2.24, 2.45) is 0 Å². The Balaban J connectivity index is 0.00000225. The maximum Gasteiger partial charge on any atom is 0.245 e. The standard InChI is InChI=1S/C17H21N3O3S.ClH/c1-3-22-13-6-4-12(5-7-13)14-10-24-17(19-14)20-16(21)15-11(2)23-9-8-18-15;/h4-7,10-11,15,18H,3,8-9H2,1-2H3,(H,19,20,21);1H/t11-,15+;/m1./s1. The maximum absolute atomic E-state index is 12.3. The molecule has 2 N–H and O–H groups in total. The lowest BCUT2D eigenvalue weighted by atomic mass is 10.1. The lowest BCUT2D eigenvalue weighted by Crippen LogP contribution is -2.53. The second-order valence-electron chi connectivity index (χ2n) is 5.49. The molecule has 8 heteroatoms. The molecule has 0 bridgehead atoms. The number of ether oxygens (including phenoxy) is 2. The minimum atomic E-state index is -0.350. The smallest absolute Gasteiger partial charge is 0.245 e. The molecule has 6 nitrogen and oxygen atoms in total. The van der Waals surface area contributed by atoms with Crippen LogP contribution < -0.4 is 15.4 Å². The third kappa shape index (κ3) is 4.92. The highest BCUT2D eigenvalue weighted by atomic mass is 35.5. The highest BCUT2D eigenvalue weighted by Crippen LogP contribution is 2.26. The molecule has 1 saturated heterocycles. The molecule has 0 spiro atoms. The lowest BCUT2D eigenvalue weighted by molar-refractivity contribution is -0.123. The minimum absolute atomic E-state index is 0. The normalized spacial score (nSPS) is 19.8. The van der Waals surface area contributed by atoms with E-state index in [1.54, 1.807) is 0 Å². The fourth-order valence-electron chi connectivity index (χ4n) is 2.56. The summed E-state index contributed by atoms with van der Waals surface area (Å²) in [6.45, 7) is 5.80. The van der Waals surface area contributed by atoms with E-state index in [2.05, 4.69) is 15.6 Å². The van der Waals surface area contributed by atoms with Gasteiger partial charge in [0, 0.05) is 17.5 Å². The monoisotopic (exact) mass is 383 g/mol. The quantitative estimate of drug-likeness (QED) is 0.830. The van der Waals surface area contributed by atoms with Crippen LogP contribution in [0.1, 0.15) is 13.8 Å². The Morgan fingerprint density at radius 2 is 2.20 bits per heavy atom. The number of anilines is 1. The summed E-state index contributed by atoms with van der Waals surface area (Å²) in [6.07, 6.45) is -0.149. The number of carbonyl (C=O) groups excluding carboxylic acids is 1. The van der Waals surface area contributed by atoms with Crippen molar-refractivity contribution in [1.82, 2.24) is 10.3 Å². The molecule has 1 fully saturated rings. The third-order valence-electron chi connectivity index (χ3n) is 3.79. The van der Waals surface area contributed by atoms with Crippen LogP contribution in [-0.4, -0.2) is 42.8 Å². The minimum Gasteiger partial charge on any atom is -0.494 e. The van der Waals surface area contributed by atoms with Gasteiger partial charge in [-0.1, -0.05) is 0 Å². The summed E-state index contributed by atoms with van der Waals surface area (Å²) >= 11 is 1.41. The van der Waals surface area contributed by atoms with Crippen LogP contribution in [0.15, 0.2) is 29.6 Å². The third-order valence-corrected chi connectivity index (χ3v) is 4.55. The number of benzene rings is 1. The molecule has 2 heterocycles. The van der Waals surface area contributed by atoms with Crippen molar-refractivity contribution in [3.63, 3.8) is 0 Å². The fourth-order valence-corrected chi connectivity index (χ4v) is 3.29. The van der Waals surface area contributed by atoms with Crippen molar-refractivity contribution in [2.75, 3.05) is 25.1 Å². The molecule has 1 aromatic heterocycles. The van der Waals surface area contributed by atoms with E-state index in [1.165, 1.54) is 11.3 Å². The Morgan fingerprint density at radius 3 is 2.88 bits per heavy atom. The molecule has 1 aromatic carbocycles. The summed E-state index contributed by atoms with van der Waals surface area (Å²) in [4.78, 5) is 16.8. The molecule has 2 aromatic rings. The molecule has 2 atom stereocenters. The summed E-state index contributed by atoms with van der Waals surface area (Å²) in [5.41, 5.74) is 1.82. The van der Waals surface area contributed by atoms with Crippen LogP contribution in [0.3, 0.4) is 0 Å². The number of thiazole rings is 1. The zero-order valence-electron chi connectivity index (χ0n) is 14.2. The van der Waals surface area contributed by atoms with Gasteiger partial charge in [-0.25, -0.2) is 4.98 Å². The van der Waals surface area contributed by atoms with E-state index in [9.17, 15) is 4.79 Å². The Labute approximate surface area is 157 Å². The van der Waals surface area contributed by atoms with Gasteiger partial charge in [-0.2, -0.15) is 0 Å². The summed E-state index contributed by atoms with van der Waals surface area (Å²) in [7, 11) is 0. The first-order chi connectivity index (χ1) is 11.7. The van der Waals surface area contributed by atoms with Gasteiger partial charge in [-0.3, -0.25) is 4.79 Å². The van der Waals surface area contributed by atoms with Crippen LogP contribution >= 0.6 is 23.7 Å². The molecule has 1 amide bonds. The Hall–Kier alpha value is -1.67. The lowest BCUT2D eigenvalue weighted by Gasteiger charge is -2.28. The molecular formula is C17H22ClN3O3S. The average Bonchev–Trinajstić information content (AvgIpc) is 3.04. The van der Waals surface area contributed by atoms with E-state index in [0.717, 1.165) is 17.0 Å². The number of aromatic nitrogens is 1. The molecular weight excluding hydrogens is 362 g/mol. The van der Waals surface area contributed by atoms with E-state index >= 15 is 0 Å². The largest absolute Gasteiger partial charge is 0.494 e. The SMILES string of the molecule is CCOc1ccc(-c2csc(NC(=O)[C@H]3NCCO[C@@H]3C)n2)cc1.Cl. The van der Waals surface area contributed by atoms with Gasteiger partial charge in [0.25, 0.3) is 0 Å². The van der Waals surface area contributed by atoms with Crippen LogP contribution in [0, 0.1) is 0 Å². The Bertz CT molecular complexity index is 693. The number of carbonyl (C=O) groups is 1. The van der Waals surface area contributed by atoms with Crippen LogP contribution in [0.5, 0.6) is 5.75 Å². The molecule has 0 aliphatic carbocycles. The number of morpholine rings is 1. The fraction of sp³-hybridized carbons (Fsp3) is 0.412. The second-order valence-corrected chi connectivity index (χ2v) is 6.35. The van der Waals surface area contributed by atoms with Gasteiger partial charge in [0.15, 0.2) is 5.13 Å². The highest BCUT2D eigenvalue weighted by Gasteiger charge is 2.28. The molecule has 25 heavy (non-hydrogen) atoms. The predicted molar refractivity (Wildman–Crippen MR) is 102 cm³/mol. The molecule has 0 saturated carbocycles. The molecule has 1 aliphatic heterocycles. The zero-order valence-corrected chi connectivity index (χ0v) is 15.8. The van der Waals surface area contributed by atoms with Crippen molar-refractivity contribution < 1.29 is 14.3 Å². The highest BCUT2D eigenvalue weighted by molar-refractivity contribution is 7.14. The molecule has 0 radical (unpaired) electrons. The summed E-state index contributed by atoms with van der Waals surface area (Å²) in [5, 5.41) is 8.55. The van der Waals surface area contributed by atoms with Crippen molar-refractivity contribution in [3.8, 4) is 17.0 Å². The van der Waals surface area contributed by atoms with Crippen molar-refractivity contribution in [3.05, 3.63) is 29.6 Å². The summed E-state index contributed by atoms with van der Waals surface area (Å²) in [5.74, 6) is 0.720. The van der Waals surface area contributed by atoms with Gasteiger partial charge in [-0.15, -0.1) is 23.7 Å². The topological polar surface area (TPSA) is 72.5 Å². The Kier molecular flexibility index (Phi) is 7.19.